The highest BCUT2D eigenvalue weighted by Gasteiger charge is 2.09. The summed E-state index contributed by atoms with van der Waals surface area (Å²) in [7, 11) is 3.46. The quantitative estimate of drug-likeness (QED) is 0.229. The summed E-state index contributed by atoms with van der Waals surface area (Å²) in [6, 6.07) is 25.6. The number of hydrogen-bond donors (Lipinski definition) is 0. The lowest BCUT2D eigenvalue weighted by Crippen LogP contribution is -2.21. The van der Waals surface area contributed by atoms with Crippen molar-refractivity contribution in [1.82, 2.24) is 0 Å². The van der Waals surface area contributed by atoms with Crippen molar-refractivity contribution < 1.29 is 9.47 Å². The Kier molecular flexibility index (Phi) is 10.1. The van der Waals surface area contributed by atoms with Crippen molar-refractivity contribution in [1.29, 1.82) is 0 Å². The molecule has 3 aromatic rings. The van der Waals surface area contributed by atoms with Crippen LogP contribution in [-0.4, -0.2) is 46.7 Å². The predicted octanol–water partition coefficient (Wildman–Crippen LogP) is 6.08. The van der Waals surface area contributed by atoms with E-state index in [0.29, 0.717) is 13.2 Å². The summed E-state index contributed by atoms with van der Waals surface area (Å²) in [5.41, 5.74) is 6.82. The summed E-state index contributed by atoms with van der Waals surface area (Å²) in [5.74, 6) is 0. The van der Waals surface area contributed by atoms with Gasteiger partial charge in [-0.15, -0.1) is 0 Å². The zero-order valence-corrected chi connectivity index (χ0v) is 20.9. The molecule has 0 N–H and O–H groups in total. The highest BCUT2D eigenvalue weighted by atomic mass is 16.5. The van der Waals surface area contributed by atoms with Gasteiger partial charge < -0.3 is 14.4 Å². The van der Waals surface area contributed by atoms with E-state index in [4.69, 9.17) is 14.6 Å². The lowest BCUT2D eigenvalue weighted by atomic mass is 10.1. The summed E-state index contributed by atoms with van der Waals surface area (Å²) < 4.78 is 10.4. The molecular formula is C29H37N3O2. The Morgan fingerprint density at radius 2 is 1.09 bits per heavy atom. The molecule has 0 heterocycles. The van der Waals surface area contributed by atoms with Crippen LogP contribution >= 0.6 is 0 Å². The van der Waals surface area contributed by atoms with Gasteiger partial charge in [0.15, 0.2) is 0 Å². The van der Waals surface area contributed by atoms with E-state index in [1.54, 1.807) is 14.2 Å². The first-order valence-electron chi connectivity index (χ1n) is 12.0. The molecule has 0 aliphatic rings. The lowest BCUT2D eigenvalue weighted by Gasteiger charge is -2.21. The van der Waals surface area contributed by atoms with Gasteiger partial charge >= 0.3 is 0 Å². The smallest absolute Gasteiger partial charge is 0.0652 e. The molecule has 3 aromatic carbocycles. The van der Waals surface area contributed by atoms with E-state index in [2.05, 4.69) is 91.5 Å². The first-order valence-corrected chi connectivity index (χ1v) is 12.0. The minimum atomic E-state index is 0.716. The third kappa shape index (κ3) is 7.17. The highest BCUT2D eigenvalue weighted by molar-refractivity contribution is 5.82. The van der Waals surface area contributed by atoms with Gasteiger partial charge in [-0.05, 0) is 79.8 Å². The largest absolute Gasteiger partial charge is 0.384 e. The number of nitrogens with zero attached hydrogens (tertiary/aromatic N) is 3. The Labute approximate surface area is 204 Å². The third-order valence-electron chi connectivity index (χ3n) is 5.90. The van der Waals surface area contributed by atoms with Crippen LogP contribution in [0.15, 0.2) is 77.9 Å². The number of rotatable bonds is 13. The molecule has 0 saturated heterocycles. The molecule has 0 aliphatic carbocycles. The molecule has 0 amide bonds. The maximum atomic E-state index is 5.21. The number of ether oxygens (including phenoxy) is 2. The second-order valence-electron chi connectivity index (χ2n) is 8.14. The standard InChI is InChI=1S/C29H37N3O2/c1-5-31(6-2)27-13-11-26(12-14-27)23-30-32(28-15-7-24(8-16-28)19-21-33-3)29-17-9-25(10-18-29)20-22-34-4/h7-18,23H,5-6,19-22H2,1-4H3. The van der Waals surface area contributed by atoms with Crippen LogP contribution in [0.1, 0.15) is 30.5 Å². The SMILES string of the molecule is CCN(CC)c1ccc(C=NN(c2ccc(CCOC)cc2)c2ccc(CCOC)cc2)cc1. The Bertz CT molecular complexity index is 944. The van der Waals surface area contributed by atoms with Crippen molar-refractivity contribution in [2.24, 2.45) is 5.10 Å². The maximum absolute atomic E-state index is 5.21. The molecule has 0 aromatic heterocycles. The number of hydrogen-bond acceptors (Lipinski definition) is 5. The van der Waals surface area contributed by atoms with Gasteiger partial charge in [0, 0.05) is 33.0 Å². The summed E-state index contributed by atoms with van der Waals surface area (Å²) in [6.45, 7) is 7.79. The predicted molar refractivity (Wildman–Crippen MR) is 144 cm³/mol. The summed E-state index contributed by atoms with van der Waals surface area (Å²) in [4.78, 5) is 2.34. The van der Waals surface area contributed by atoms with Crippen LogP contribution in [0.2, 0.25) is 0 Å². The fraction of sp³-hybridized carbons (Fsp3) is 0.345. The Morgan fingerprint density at radius 1 is 0.647 bits per heavy atom. The Morgan fingerprint density at radius 3 is 1.50 bits per heavy atom. The van der Waals surface area contributed by atoms with E-state index in [-0.39, 0.29) is 0 Å². The fourth-order valence-electron chi connectivity index (χ4n) is 3.81. The normalized spacial score (nSPS) is 11.2. The Balaban J connectivity index is 1.85. The van der Waals surface area contributed by atoms with Crippen LogP contribution in [0.3, 0.4) is 0 Å². The third-order valence-corrected chi connectivity index (χ3v) is 5.90. The van der Waals surface area contributed by atoms with Crippen molar-refractivity contribution >= 4 is 23.3 Å². The molecule has 0 radical (unpaired) electrons. The topological polar surface area (TPSA) is 37.3 Å². The number of benzene rings is 3. The minimum Gasteiger partial charge on any atom is -0.384 e. The van der Waals surface area contributed by atoms with Gasteiger partial charge in [0.05, 0.1) is 30.8 Å². The molecular weight excluding hydrogens is 422 g/mol. The van der Waals surface area contributed by atoms with Crippen LogP contribution in [0.25, 0.3) is 0 Å². The van der Waals surface area contributed by atoms with Gasteiger partial charge in [0.1, 0.15) is 0 Å². The van der Waals surface area contributed by atoms with Crippen molar-refractivity contribution in [3.8, 4) is 0 Å². The molecule has 5 nitrogen and oxygen atoms in total. The average Bonchev–Trinajstić information content (AvgIpc) is 2.89. The maximum Gasteiger partial charge on any atom is 0.0652 e. The van der Waals surface area contributed by atoms with E-state index in [1.807, 2.05) is 11.2 Å². The summed E-state index contributed by atoms with van der Waals surface area (Å²) >= 11 is 0. The average molecular weight is 460 g/mol. The van der Waals surface area contributed by atoms with Crippen LogP contribution in [0.4, 0.5) is 17.1 Å². The molecule has 0 unspecified atom stereocenters. The summed E-state index contributed by atoms with van der Waals surface area (Å²) in [5, 5.41) is 6.86. The highest BCUT2D eigenvalue weighted by Crippen LogP contribution is 2.27. The molecule has 180 valence electrons. The van der Waals surface area contributed by atoms with E-state index in [0.717, 1.165) is 42.9 Å². The molecule has 34 heavy (non-hydrogen) atoms. The van der Waals surface area contributed by atoms with Crippen LogP contribution in [-0.2, 0) is 22.3 Å². The van der Waals surface area contributed by atoms with Crippen molar-refractivity contribution in [2.75, 3.05) is 50.4 Å². The Hall–Kier alpha value is -3.15. The number of hydrazone groups is 1. The lowest BCUT2D eigenvalue weighted by molar-refractivity contribution is 0.202. The molecule has 0 bridgehead atoms. The van der Waals surface area contributed by atoms with Gasteiger partial charge in [-0.1, -0.05) is 36.4 Å². The first-order chi connectivity index (χ1) is 16.7. The van der Waals surface area contributed by atoms with Gasteiger partial charge in [0.2, 0.25) is 0 Å². The molecule has 0 saturated carbocycles. The van der Waals surface area contributed by atoms with Crippen molar-refractivity contribution in [3.63, 3.8) is 0 Å². The first kappa shape index (κ1) is 25.5. The van der Waals surface area contributed by atoms with Crippen LogP contribution in [0, 0.1) is 0 Å². The second kappa shape index (κ2) is 13.5. The van der Waals surface area contributed by atoms with E-state index < -0.39 is 0 Å². The van der Waals surface area contributed by atoms with Crippen LogP contribution < -0.4 is 9.91 Å². The molecule has 3 rings (SSSR count). The van der Waals surface area contributed by atoms with E-state index in [1.165, 1.54) is 16.8 Å². The van der Waals surface area contributed by atoms with Gasteiger partial charge in [0.25, 0.3) is 0 Å². The summed E-state index contributed by atoms with van der Waals surface area (Å²) in [6.07, 6.45) is 3.71. The zero-order valence-electron chi connectivity index (χ0n) is 20.9. The number of anilines is 3. The number of methoxy groups -OCH3 is 2. The molecule has 0 spiro atoms. The van der Waals surface area contributed by atoms with E-state index in [9.17, 15) is 0 Å². The van der Waals surface area contributed by atoms with Gasteiger partial charge in [-0.25, -0.2) is 5.01 Å². The zero-order chi connectivity index (χ0) is 24.2. The van der Waals surface area contributed by atoms with Gasteiger partial charge in [-0.3, -0.25) is 0 Å². The minimum absolute atomic E-state index is 0.716. The van der Waals surface area contributed by atoms with Crippen molar-refractivity contribution in [2.45, 2.75) is 26.7 Å². The van der Waals surface area contributed by atoms with Gasteiger partial charge in [-0.2, -0.15) is 5.10 Å². The van der Waals surface area contributed by atoms with E-state index >= 15 is 0 Å². The molecule has 0 atom stereocenters. The van der Waals surface area contributed by atoms with Crippen LogP contribution in [0.5, 0.6) is 0 Å². The molecule has 0 aliphatic heterocycles. The monoisotopic (exact) mass is 459 g/mol. The fourth-order valence-corrected chi connectivity index (χ4v) is 3.81. The van der Waals surface area contributed by atoms with Crippen molar-refractivity contribution in [3.05, 3.63) is 89.5 Å². The second-order valence-corrected chi connectivity index (χ2v) is 8.14. The molecule has 0 fully saturated rings. The molecule has 5 heteroatoms.